The Bertz CT molecular complexity index is 405. The fourth-order valence-electron chi connectivity index (χ4n) is 3.22. The number of benzene rings is 1. The molecule has 1 nitrogen and oxygen atoms in total. The predicted octanol–water partition coefficient (Wildman–Crippen LogP) is 6.92. The summed E-state index contributed by atoms with van der Waals surface area (Å²) in [6, 6.07) is 8.58. The quantitative estimate of drug-likeness (QED) is 0.181. The van der Waals surface area contributed by atoms with Crippen molar-refractivity contribution < 1.29 is 4.74 Å². The molecule has 0 aliphatic heterocycles. The van der Waals surface area contributed by atoms with E-state index >= 15 is 0 Å². The SMILES string of the molecule is CCCCCCCCCCCCCCCC[Te]c1ccccc1OC. The molecule has 25 heavy (non-hydrogen) atoms. The van der Waals surface area contributed by atoms with Crippen molar-refractivity contribution in [2.24, 2.45) is 0 Å². The van der Waals surface area contributed by atoms with Gasteiger partial charge in [-0.15, -0.1) is 0 Å². The van der Waals surface area contributed by atoms with Crippen LogP contribution in [0.4, 0.5) is 0 Å². The first-order valence-corrected chi connectivity index (χ1v) is 13.5. The van der Waals surface area contributed by atoms with Gasteiger partial charge in [-0.2, -0.15) is 0 Å². The van der Waals surface area contributed by atoms with Gasteiger partial charge in [-0.25, -0.2) is 0 Å². The van der Waals surface area contributed by atoms with Crippen molar-refractivity contribution in [1.29, 1.82) is 0 Å². The zero-order valence-corrected chi connectivity index (χ0v) is 19.1. The van der Waals surface area contributed by atoms with Crippen molar-refractivity contribution in [3.05, 3.63) is 24.3 Å². The van der Waals surface area contributed by atoms with Gasteiger partial charge in [0.05, 0.1) is 0 Å². The number of hydrogen-bond donors (Lipinski definition) is 0. The molecular weight excluding hydrogens is 420 g/mol. The molecule has 144 valence electrons. The maximum absolute atomic E-state index is 5.45. The van der Waals surface area contributed by atoms with Gasteiger partial charge in [-0.05, 0) is 0 Å². The maximum atomic E-state index is 5.45. The average molecular weight is 460 g/mol. The van der Waals surface area contributed by atoms with Crippen molar-refractivity contribution >= 4 is 24.5 Å². The molecule has 0 aromatic heterocycles. The van der Waals surface area contributed by atoms with E-state index in [4.69, 9.17) is 4.74 Å². The van der Waals surface area contributed by atoms with Crippen LogP contribution in [0.5, 0.6) is 5.75 Å². The summed E-state index contributed by atoms with van der Waals surface area (Å²) in [6.45, 7) is 2.29. The minimum absolute atomic E-state index is 0.0553. The average Bonchev–Trinajstić information content (AvgIpc) is 2.65. The van der Waals surface area contributed by atoms with Crippen LogP contribution in [0.3, 0.4) is 0 Å². The van der Waals surface area contributed by atoms with E-state index in [0.717, 1.165) is 5.75 Å². The number of ether oxygens (including phenoxy) is 1. The summed E-state index contributed by atoms with van der Waals surface area (Å²) in [6.07, 6.45) is 20.2. The Morgan fingerprint density at radius 3 is 1.68 bits per heavy atom. The van der Waals surface area contributed by atoms with E-state index in [1.54, 1.807) is 7.11 Å². The van der Waals surface area contributed by atoms with Gasteiger partial charge >= 0.3 is 141 Å². The molecule has 0 aliphatic carbocycles. The molecule has 0 atom stereocenters. The van der Waals surface area contributed by atoms with E-state index in [2.05, 4.69) is 31.2 Å². The van der Waals surface area contributed by atoms with E-state index in [1.807, 2.05) is 0 Å². The predicted molar refractivity (Wildman–Crippen MR) is 114 cm³/mol. The molecule has 0 fully saturated rings. The zero-order valence-electron chi connectivity index (χ0n) is 16.7. The first-order valence-electron chi connectivity index (χ1n) is 10.6. The number of unbranched alkanes of at least 4 members (excludes halogenated alkanes) is 13. The van der Waals surface area contributed by atoms with E-state index in [-0.39, 0.29) is 20.9 Å². The van der Waals surface area contributed by atoms with Gasteiger partial charge in [0.15, 0.2) is 0 Å². The van der Waals surface area contributed by atoms with Crippen LogP contribution in [0.25, 0.3) is 0 Å². The van der Waals surface area contributed by atoms with Crippen molar-refractivity contribution in [3.63, 3.8) is 0 Å². The summed E-state index contributed by atoms with van der Waals surface area (Å²) in [7, 11) is 1.79. The summed E-state index contributed by atoms with van der Waals surface area (Å²) in [4.78, 5) is 0. The van der Waals surface area contributed by atoms with Gasteiger partial charge < -0.3 is 0 Å². The van der Waals surface area contributed by atoms with Gasteiger partial charge in [0.1, 0.15) is 0 Å². The number of para-hydroxylation sites is 1. The van der Waals surface area contributed by atoms with Crippen LogP contribution in [-0.2, 0) is 0 Å². The van der Waals surface area contributed by atoms with Crippen molar-refractivity contribution in [2.75, 3.05) is 7.11 Å². The summed E-state index contributed by atoms with van der Waals surface area (Å²) in [5.74, 6) is 1.11. The molecule has 1 aromatic rings. The molecule has 0 saturated heterocycles. The van der Waals surface area contributed by atoms with E-state index in [9.17, 15) is 0 Å². The second-order valence-corrected chi connectivity index (χ2v) is 10.3. The molecule has 0 radical (unpaired) electrons. The fraction of sp³-hybridized carbons (Fsp3) is 0.739. The summed E-state index contributed by atoms with van der Waals surface area (Å²) >= 11 is -0.0553. The molecule has 0 aliphatic rings. The van der Waals surface area contributed by atoms with Crippen LogP contribution in [0.2, 0.25) is 4.47 Å². The third kappa shape index (κ3) is 12.7. The Hall–Kier alpha value is -0.190. The molecule has 1 aromatic carbocycles. The third-order valence-electron chi connectivity index (χ3n) is 4.82. The van der Waals surface area contributed by atoms with Gasteiger partial charge in [-0.3, -0.25) is 0 Å². The topological polar surface area (TPSA) is 9.23 Å². The summed E-state index contributed by atoms with van der Waals surface area (Å²) in [5.41, 5.74) is 0. The van der Waals surface area contributed by atoms with Gasteiger partial charge in [0, 0.05) is 0 Å². The minimum atomic E-state index is -0.0553. The summed E-state index contributed by atoms with van der Waals surface area (Å²) in [5, 5.41) is 0. The zero-order chi connectivity index (χ0) is 18.0. The standard InChI is InChI=1S/C23H40OTe/c1-3-4-5-6-7-8-9-10-11-12-13-14-15-18-21-25-23-20-17-16-19-22(23)24-2/h16-17,19-20H,3-15,18,21H2,1-2H3. The molecule has 0 amide bonds. The Labute approximate surface area is 167 Å². The first kappa shape index (κ1) is 22.8. The van der Waals surface area contributed by atoms with Crippen LogP contribution in [0.1, 0.15) is 96.8 Å². The number of hydrogen-bond acceptors (Lipinski definition) is 1. The molecule has 1 rings (SSSR count). The van der Waals surface area contributed by atoms with Gasteiger partial charge in [0.25, 0.3) is 0 Å². The molecule has 2 heteroatoms. The van der Waals surface area contributed by atoms with E-state index < -0.39 is 0 Å². The normalized spacial score (nSPS) is 11.0. The molecular formula is C23H40OTe. The molecule has 0 saturated carbocycles. The van der Waals surface area contributed by atoms with Crippen LogP contribution < -0.4 is 8.35 Å². The molecule has 0 bridgehead atoms. The molecule has 0 N–H and O–H groups in total. The van der Waals surface area contributed by atoms with Crippen LogP contribution >= 0.6 is 0 Å². The van der Waals surface area contributed by atoms with Gasteiger partial charge in [-0.1, -0.05) is 26.2 Å². The fourth-order valence-corrected chi connectivity index (χ4v) is 6.18. The Morgan fingerprint density at radius 2 is 1.16 bits per heavy atom. The van der Waals surface area contributed by atoms with Crippen molar-refractivity contribution in [2.45, 2.75) is 101 Å². The Balaban J connectivity index is 1.82. The first-order chi connectivity index (χ1) is 12.4. The number of rotatable bonds is 17. The van der Waals surface area contributed by atoms with Gasteiger partial charge in [0.2, 0.25) is 0 Å². The molecule has 0 unspecified atom stereocenters. The van der Waals surface area contributed by atoms with Crippen LogP contribution in [0, 0.1) is 0 Å². The Kier molecular flexibility index (Phi) is 15.8. The Morgan fingerprint density at radius 1 is 0.680 bits per heavy atom. The van der Waals surface area contributed by atoms with E-state index in [1.165, 1.54) is 98.0 Å². The molecule has 0 heterocycles. The molecule has 0 spiro atoms. The number of methoxy groups -OCH3 is 1. The van der Waals surface area contributed by atoms with Crippen LogP contribution in [-0.4, -0.2) is 28.0 Å². The van der Waals surface area contributed by atoms with Crippen molar-refractivity contribution in [3.8, 4) is 5.75 Å². The van der Waals surface area contributed by atoms with Crippen LogP contribution in [0.15, 0.2) is 24.3 Å². The second-order valence-electron chi connectivity index (χ2n) is 7.10. The summed E-state index contributed by atoms with van der Waals surface area (Å²) < 4.78 is 8.36. The third-order valence-corrected chi connectivity index (χ3v) is 8.08. The van der Waals surface area contributed by atoms with Crippen molar-refractivity contribution in [1.82, 2.24) is 0 Å². The second kappa shape index (κ2) is 17.2. The monoisotopic (exact) mass is 462 g/mol. The van der Waals surface area contributed by atoms with E-state index in [0.29, 0.717) is 0 Å².